The van der Waals surface area contributed by atoms with E-state index in [1.165, 1.54) is 11.6 Å². The molecule has 0 radical (unpaired) electrons. The van der Waals surface area contributed by atoms with E-state index in [-0.39, 0.29) is 11.7 Å². The average Bonchev–Trinajstić information content (AvgIpc) is 2.78. The first-order chi connectivity index (χ1) is 14.7. The molecule has 30 heavy (non-hydrogen) atoms. The summed E-state index contributed by atoms with van der Waals surface area (Å²) in [4.78, 5) is 17.1. The highest BCUT2D eigenvalue weighted by Crippen LogP contribution is 2.21. The molecule has 1 fully saturated rings. The number of aryl methyl sites for hydroxylation is 1. The lowest BCUT2D eigenvalue weighted by Crippen LogP contribution is -2.42. The van der Waals surface area contributed by atoms with E-state index in [2.05, 4.69) is 17.0 Å². The Hall–Kier alpha value is -2.24. The summed E-state index contributed by atoms with van der Waals surface area (Å²) in [6.07, 6.45) is 3.36. The number of piperidine rings is 1. The van der Waals surface area contributed by atoms with Gasteiger partial charge < -0.3 is 9.64 Å². The van der Waals surface area contributed by atoms with Crippen molar-refractivity contribution < 1.29 is 13.9 Å². The molecule has 0 aliphatic carbocycles. The lowest BCUT2D eigenvalue weighted by atomic mass is 9.95. The molecular formula is C25H33FN2O2. The predicted octanol–water partition coefficient (Wildman–Crippen LogP) is 4.15. The summed E-state index contributed by atoms with van der Waals surface area (Å²) in [5.41, 5.74) is 1.95. The summed E-state index contributed by atoms with van der Waals surface area (Å²) >= 11 is 0. The standard InChI is InChI=1S/C25H33FN2O2/c1-30-18-17-28(25(29)12-11-21-7-3-2-4-8-21)19-22-13-15-27(16-14-22)20-23-9-5-6-10-24(23)26/h2-10,22H,11-20H2,1H3. The van der Waals surface area contributed by atoms with Crippen LogP contribution in [0.25, 0.3) is 0 Å². The number of ether oxygens (including phenoxy) is 1. The molecule has 0 atom stereocenters. The van der Waals surface area contributed by atoms with E-state index >= 15 is 0 Å². The van der Waals surface area contributed by atoms with Gasteiger partial charge in [0.05, 0.1) is 6.61 Å². The molecule has 2 aromatic rings. The molecule has 0 unspecified atom stereocenters. The topological polar surface area (TPSA) is 32.8 Å². The largest absolute Gasteiger partial charge is 0.383 e. The van der Waals surface area contributed by atoms with Crippen LogP contribution in [0.1, 0.15) is 30.4 Å². The molecule has 1 aliphatic rings. The number of rotatable bonds is 10. The number of halogens is 1. The average molecular weight is 413 g/mol. The molecule has 2 aromatic carbocycles. The van der Waals surface area contributed by atoms with Crippen molar-refractivity contribution in [1.29, 1.82) is 0 Å². The van der Waals surface area contributed by atoms with Crippen LogP contribution >= 0.6 is 0 Å². The van der Waals surface area contributed by atoms with Gasteiger partial charge in [-0.05, 0) is 49.9 Å². The van der Waals surface area contributed by atoms with Crippen LogP contribution in [0, 0.1) is 11.7 Å². The Morgan fingerprint density at radius 1 is 1.10 bits per heavy atom. The van der Waals surface area contributed by atoms with Crippen molar-refractivity contribution in [3.8, 4) is 0 Å². The fraction of sp³-hybridized carbons (Fsp3) is 0.480. The van der Waals surface area contributed by atoms with Crippen LogP contribution in [0.5, 0.6) is 0 Å². The molecule has 1 heterocycles. The molecule has 162 valence electrons. The van der Waals surface area contributed by atoms with Crippen molar-refractivity contribution in [2.75, 3.05) is 39.9 Å². The summed E-state index contributed by atoms with van der Waals surface area (Å²) in [6.45, 7) is 4.51. The molecule has 3 rings (SSSR count). The Bertz CT molecular complexity index is 776. The molecule has 4 nitrogen and oxygen atoms in total. The second-order valence-electron chi connectivity index (χ2n) is 8.13. The zero-order valence-electron chi connectivity index (χ0n) is 17.9. The zero-order valence-corrected chi connectivity index (χ0v) is 17.9. The molecule has 5 heteroatoms. The maximum Gasteiger partial charge on any atom is 0.222 e. The first kappa shape index (κ1) is 22.4. The maximum absolute atomic E-state index is 13.9. The smallest absolute Gasteiger partial charge is 0.222 e. The number of hydrogen-bond donors (Lipinski definition) is 0. The van der Waals surface area contributed by atoms with E-state index < -0.39 is 0 Å². The molecule has 1 amide bonds. The number of carbonyl (C=O) groups is 1. The minimum absolute atomic E-state index is 0.130. The van der Waals surface area contributed by atoms with Crippen LogP contribution < -0.4 is 0 Å². The van der Waals surface area contributed by atoms with Crippen molar-refractivity contribution in [2.24, 2.45) is 5.92 Å². The van der Waals surface area contributed by atoms with E-state index in [1.54, 1.807) is 13.2 Å². The molecule has 0 N–H and O–H groups in total. The van der Waals surface area contributed by atoms with Gasteiger partial charge in [-0.25, -0.2) is 4.39 Å². The Kier molecular flexibility index (Phi) is 8.84. The van der Waals surface area contributed by atoms with Crippen molar-refractivity contribution in [3.05, 3.63) is 71.5 Å². The van der Waals surface area contributed by atoms with Gasteiger partial charge in [-0.2, -0.15) is 0 Å². The normalized spacial score (nSPS) is 15.3. The van der Waals surface area contributed by atoms with Crippen molar-refractivity contribution in [2.45, 2.75) is 32.2 Å². The van der Waals surface area contributed by atoms with E-state index in [4.69, 9.17) is 4.74 Å². The summed E-state index contributed by atoms with van der Waals surface area (Å²) in [5, 5.41) is 0. The summed E-state index contributed by atoms with van der Waals surface area (Å²) in [7, 11) is 1.67. The SMILES string of the molecule is COCCN(CC1CCN(Cc2ccccc2F)CC1)C(=O)CCc1ccccc1. The highest BCUT2D eigenvalue weighted by Gasteiger charge is 2.24. The van der Waals surface area contributed by atoms with Crippen LogP contribution in [0.3, 0.4) is 0 Å². The van der Waals surface area contributed by atoms with E-state index in [1.807, 2.05) is 35.2 Å². The van der Waals surface area contributed by atoms with Crippen LogP contribution in [-0.2, 0) is 22.5 Å². The van der Waals surface area contributed by atoms with E-state index in [0.717, 1.165) is 44.5 Å². The van der Waals surface area contributed by atoms with Gasteiger partial charge >= 0.3 is 0 Å². The second kappa shape index (κ2) is 11.8. The molecule has 1 aliphatic heterocycles. The minimum atomic E-state index is -0.130. The number of hydrogen-bond acceptors (Lipinski definition) is 3. The van der Waals surface area contributed by atoms with Crippen LogP contribution in [0.2, 0.25) is 0 Å². The van der Waals surface area contributed by atoms with Gasteiger partial charge in [-0.3, -0.25) is 9.69 Å². The van der Waals surface area contributed by atoms with Crippen LogP contribution in [0.15, 0.2) is 54.6 Å². The summed E-state index contributed by atoms with van der Waals surface area (Å²) < 4.78 is 19.1. The molecule has 0 spiro atoms. The van der Waals surface area contributed by atoms with Crippen LogP contribution in [-0.4, -0.2) is 55.6 Å². The van der Waals surface area contributed by atoms with Gasteiger partial charge in [0, 0.05) is 38.7 Å². The minimum Gasteiger partial charge on any atom is -0.383 e. The Labute approximate surface area is 179 Å². The van der Waals surface area contributed by atoms with Gasteiger partial charge in [0.1, 0.15) is 5.82 Å². The fourth-order valence-electron chi connectivity index (χ4n) is 4.08. The highest BCUT2D eigenvalue weighted by molar-refractivity contribution is 5.76. The number of carbonyl (C=O) groups excluding carboxylic acids is 1. The van der Waals surface area contributed by atoms with Crippen molar-refractivity contribution in [3.63, 3.8) is 0 Å². The van der Waals surface area contributed by atoms with Gasteiger partial charge in [0.2, 0.25) is 5.91 Å². The van der Waals surface area contributed by atoms with Gasteiger partial charge in [-0.1, -0.05) is 48.5 Å². The highest BCUT2D eigenvalue weighted by atomic mass is 19.1. The fourth-order valence-corrected chi connectivity index (χ4v) is 4.08. The number of benzene rings is 2. The maximum atomic E-state index is 13.9. The predicted molar refractivity (Wildman–Crippen MR) is 118 cm³/mol. The molecular weight excluding hydrogens is 379 g/mol. The molecule has 1 saturated heterocycles. The summed E-state index contributed by atoms with van der Waals surface area (Å²) in [6, 6.07) is 17.2. The van der Waals surface area contributed by atoms with Crippen molar-refractivity contribution >= 4 is 5.91 Å². The van der Waals surface area contributed by atoms with Gasteiger partial charge in [0.25, 0.3) is 0 Å². The third-order valence-electron chi connectivity index (χ3n) is 5.93. The molecule has 0 bridgehead atoms. The third kappa shape index (κ3) is 6.92. The number of nitrogens with zero attached hydrogens (tertiary/aromatic N) is 2. The molecule has 0 aromatic heterocycles. The Morgan fingerprint density at radius 2 is 1.80 bits per heavy atom. The lowest BCUT2D eigenvalue weighted by molar-refractivity contribution is -0.132. The zero-order chi connectivity index (χ0) is 21.2. The second-order valence-corrected chi connectivity index (χ2v) is 8.13. The quantitative estimate of drug-likeness (QED) is 0.588. The van der Waals surface area contributed by atoms with Gasteiger partial charge in [-0.15, -0.1) is 0 Å². The first-order valence-corrected chi connectivity index (χ1v) is 10.9. The molecule has 0 saturated carbocycles. The Morgan fingerprint density at radius 3 is 2.50 bits per heavy atom. The van der Waals surface area contributed by atoms with Gasteiger partial charge in [0.15, 0.2) is 0 Å². The lowest BCUT2D eigenvalue weighted by Gasteiger charge is -2.35. The third-order valence-corrected chi connectivity index (χ3v) is 5.93. The first-order valence-electron chi connectivity index (χ1n) is 10.9. The monoisotopic (exact) mass is 412 g/mol. The van der Waals surface area contributed by atoms with Crippen molar-refractivity contribution in [1.82, 2.24) is 9.80 Å². The number of methoxy groups -OCH3 is 1. The number of likely N-dealkylation sites (tertiary alicyclic amines) is 1. The summed E-state index contributed by atoms with van der Waals surface area (Å²) in [5.74, 6) is 0.554. The Balaban J connectivity index is 1.47. The van der Waals surface area contributed by atoms with Crippen LogP contribution in [0.4, 0.5) is 4.39 Å². The number of amides is 1. The van der Waals surface area contributed by atoms with E-state index in [0.29, 0.717) is 32.0 Å². The van der Waals surface area contributed by atoms with E-state index in [9.17, 15) is 9.18 Å².